The number of nitriles is 1. The molecule has 5 heteroatoms. The summed E-state index contributed by atoms with van der Waals surface area (Å²) in [6.07, 6.45) is 0. The van der Waals surface area contributed by atoms with E-state index in [0.29, 0.717) is 33.7 Å². The van der Waals surface area contributed by atoms with E-state index >= 15 is 0 Å². The highest BCUT2D eigenvalue weighted by molar-refractivity contribution is 9.10. The van der Waals surface area contributed by atoms with Gasteiger partial charge in [-0.1, -0.05) is 12.1 Å². The molecule has 0 bridgehead atoms. The van der Waals surface area contributed by atoms with Crippen LogP contribution in [-0.2, 0) is 6.61 Å². The molecule has 21 heavy (non-hydrogen) atoms. The largest absolute Gasteiger partial charge is 0.490 e. The van der Waals surface area contributed by atoms with Gasteiger partial charge >= 0.3 is 0 Å². The fourth-order valence-corrected chi connectivity index (χ4v) is 2.37. The molecule has 0 aromatic heterocycles. The Morgan fingerprint density at radius 2 is 2.05 bits per heavy atom. The minimum absolute atomic E-state index is 0.211. The monoisotopic (exact) mass is 349 g/mol. The number of rotatable bonds is 5. The first-order valence-corrected chi connectivity index (χ1v) is 7.17. The Kier molecular flexibility index (Phi) is 5.18. The predicted molar refractivity (Wildman–Crippen MR) is 80.8 cm³/mol. The lowest BCUT2D eigenvalue weighted by molar-refractivity contribution is 0.267. The van der Waals surface area contributed by atoms with Gasteiger partial charge in [0, 0.05) is 6.07 Å². The van der Waals surface area contributed by atoms with E-state index in [2.05, 4.69) is 22.0 Å². The van der Waals surface area contributed by atoms with Gasteiger partial charge in [0.25, 0.3) is 0 Å². The predicted octanol–water partition coefficient (Wildman–Crippen LogP) is 4.44. The highest BCUT2D eigenvalue weighted by Gasteiger charge is 2.12. The van der Waals surface area contributed by atoms with Gasteiger partial charge in [-0.15, -0.1) is 0 Å². The lowest BCUT2D eigenvalue weighted by atomic mass is 10.2. The van der Waals surface area contributed by atoms with Crippen LogP contribution in [0.25, 0.3) is 0 Å². The van der Waals surface area contributed by atoms with Gasteiger partial charge in [0.05, 0.1) is 22.7 Å². The highest BCUT2D eigenvalue weighted by atomic mass is 79.9. The first kappa shape index (κ1) is 15.3. The summed E-state index contributed by atoms with van der Waals surface area (Å²) in [5.41, 5.74) is 1.19. The van der Waals surface area contributed by atoms with Crippen molar-refractivity contribution in [2.45, 2.75) is 13.5 Å². The normalized spacial score (nSPS) is 10.0. The van der Waals surface area contributed by atoms with E-state index in [0.717, 1.165) is 0 Å². The van der Waals surface area contributed by atoms with Crippen molar-refractivity contribution < 1.29 is 13.9 Å². The van der Waals surface area contributed by atoms with E-state index in [4.69, 9.17) is 14.7 Å². The summed E-state index contributed by atoms with van der Waals surface area (Å²) >= 11 is 3.37. The van der Waals surface area contributed by atoms with Gasteiger partial charge in [-0.05, 0) is 46.6 Å². The van der Waals surface area contributed by atoms with Crippen molar-refractivity contribution in [2.75, 3.05) is 6.61 Å². The fraction of sp³-hybridized carbons (Fsp3) is 0.188. The van der Waals surface area contributed by atoms with Gasteiger partial charge in [0.15, 0.2) is 11.5 Å². The lowest BCUT2D eigenvalue weighted by Crippen LogP contribution is -2.01. The van der Waals surface area contributed by atoms with Crippen molar-refractivity contribution in [2.24, 2.45) is 0 Å². The van der Waals surface area contributed by atoms with Crippen molar-refractivity contribution in [3.63, 3.8) is 0 Å². The maximum atomic E-state index is 13.1. The van der Waals surface area contributed by atoms with E-state index in [9.17, 15) is 4.39 Å². The van der Waals surface area contributed by atoms with Crippen LogP contribution in [0.4, 0.5) is 4.39 Å². The zero-order chi connectivity index (χ0) is 15.2. The zero-order valence-electron chi connectivity index (χ0n) is 11.4. The van der Waals surface area contributed by atoms with Crippen molar-refractivity contribution in [3.8, 4) is 17.6 Å². The SMILES string of the molecule is CCOc1cc(C#N)cc(Br)c1OCc1cccc(F)c1. The van der Waals surface area contributed by atoms with Crippen molar-refractivity contribution in [1.29, 1.82) is 5.26 Å². The van der Waals surface area contributed by atoms with E-state index in [1.54, 1.807) is 24.3 Å². The molecule has 0 radical (unpaired) electrons. The molecule has 0 unspecified atom stereocenters. The number of hydrogen-bond acceptors (Lipinski definition) is 3. The van der Waals surface area contributed by atoms with Crippen LogP contribution < -0.4 is 9.47 Å². The summed E-state index contributed by atoms with van der Waals surface area (Å²) in [6, 6.07) is 11.5. The van der Waals surface area contributed by atoms with Gasteiger partial charge in [-0.3, -0.25) is 0 Å². The third-order valence-electron chi connectivity index (χ3n) is 2.71. The summed E-state index contributed by atoms with van der Waals surface area (Å²) < 4.78 is 25.0. The highest BCUT2D eigenvalue weighted by Crippen LogP contribution is 2.37. The Morgan fingerprint density at radius 1 is 1.24 bits per heavy atom. The van der Waals surface area contributed by atoms with Crippen LogP contribution in [0.1, 0.15) is 18.1 Å². The quantitative estimate of drug-likeness (QED) is 0.801. The minimum atomic E-state index is -0.306. The average Bonchev–Trinajstić information content (AvgIpc) is 2.46. The molecule has 0 spiro atoms. The number of hydrogen-bond donors (Lipinski definition) is 0. The number of ether oxygens (including phenoxy) is 2. The molecule has 0 aliphatic carbocycles. The molecule has 0 amide bonds. The number of halogens is 2. The minimum Gasteiger partial charge on any atom is -0.490 e. The Morgan fingerprint density at radius 3 is 2.71 bits per heavy atom. The van der Waals surface area contributed by atoms with Crippen molar-refractivity contribution >= 4 is 15.9 Å². The molecule has 0 N–H and O–H groups in total. The van der Waals surface area contributed by atoms with Crippen LogP contribution in [0.2, 0.25) is 0 Å². The summed E-state index contributed by atoms with van der Waals surface area (Å²) in [7, 11) is 0. The van der Waals surface area contributed by atoms with E-state index in [-0.39, 0.29) is 12.4 Å². The van der Waals surface area contributed by atoms with Crippen LogP contribution in [-0.4, -0.2) is 6.61 Å². The number of benzene rings is 2. The molecule has 2 aromatic carbocycles. The zero-order valence-corrected chi connectivity index (χ0v) is 13.0. The Bertz CT molecular complexity index is 682. The molecular formula is C16H13BrFNO2. The summed E-state index contributed by atoms with van der Waals surface area (Å²) in [6.45, 7) is 2.52. The standard InChI is InChI=1S/C16H13BrFNO2/c1-2-20-15-8-12(9-19)7-14(17)16(15)21-10-11-4-3-5-13(18)6-11/h3-8H,2,10H2,1H3. The van der Waals surface area contributed by atoms with Gasteiger partial charge in [-0.2, -0.15) is 5.26 Å². The molecule has 0 aliphatic heterocycles. The van der Waals surface area contributed by atoms with Crippen LogP contribution in [0.5, 0.6) is 11.5 Å². The summed E-state index contributed by atoms with van der Waals surface area (Å²) in [5.74, 6) is 0.681. The van der Waals surface area contributed by atoms with Crippen LogP contribution in [0, 0.1) is 17.1 Å². The van der Waals surface area contributed by atoms with Gasteiger partial charge in [0.2, 0.25) is 0 Å². The molecule has 3 nitrogen and oxygen atoms in total. The Balaban J connectivity index is 2.24. The summed E-state index contributed by atoms with van der Waals surface area (Å²) in [4.78, 5) is 0. The lowest BCUT2D eigenvalue weighted by Gasteiger charge is -2.14. The summed E-state index contributed by atoms with van der Waals surface area (Å²) in [5, 5.41) is 8.98. The second kappa shape index (κ2) is 7.09. The molecule has 0 saturated heterocycles. The molecule has 2 aromatic rings. The molecule has 108 valence electrons. The molecule has 0 atom stereocenters. The van der Waals surface area contributed by atoms with Gasteiger partial charge in [-0.25, -0.2) is 4.39 Å². The average molecular weight is 350 g/mol. The third kappa shape index (κ3) is 3.96. The second-order valence-corrected chi connectivity index (χ2v) is 5.10. The maximum absolute atomic E-state index is 13.1. The molecule has 0 heterocycles. The van der Waals surface area contributed by atoms with Crippen molar-refractivity contribution in [3.05, 3.63) is 57.8 Å². The Hall–Kier alpha value is -2.06. The fourth-order valence-electron chi connectivity index (χ4n) is 1.82. The smallest absolute Gasteiger partial charge is 0.175 e. The molecule has 0 saturated carbocycles. The van der Waals surface area contributed by atoms with Crippen LogP contribution in [0.3, 0.4) is 0 Å². The first-order valence-electron chi connectivity index (χ1n) is 6.37. The van der Waals surface area contributed by atoms with Gasteiger partial charge in [0.1, 0.15) is 12.4 Å². The molecule has 0 fully saturated rings. The molecular weight excluding hydrogens is 337 g/mol. The molecule has 2 rings (SSSR count). The first-order chi connectivity index (χ1) is 10.1. The molecule has 0 aliphatic rings. The van der Waals surface area contributed by atoms with Crippen LogP contribution in [0.15, 0.2) is 40.9 Å². The van der Waals surface area contributed by atoms with Crippen molar-refractivity contribution in [1.82, 2.24) is 0 Å². The topological polar surface area (TPSA) is 42.2 Å². The number of nitrogens with zero attached hydrogens (tertiary/aromatic N) is 1. The van der Waals surface area contributed by atoms with E-state index < -0.39 is 0 Å². The van der Waals surface area contributed by atoms with E-state index in [1.807, 2.05) is 6.92 Å². The maximum Gasteiger partial charge on any atom is 0.175 e. The Labute approximate surface area is 131 Å². The van der Waals surface area contributed by atoms with Crippen LogP contribution >= 0.6 is 15.9 Å². The third-order valence-corrected chi connectivity index (χ3v) is 3.30. The van der Waals surface area contributed by atoms with E-state index in [1.165, 1.54) is 12.1 Å². The second-order valence-electron chi connectivity index (χ2n) is 4.25. The van der Waals surface area contributed by atoms with Gasteiger partial charge < -0.3 is 9.47 Å².